The highest BCUT2D eigenvalue weighted by Gasteiger charge is 2.16. The molecule has 6 heteroatoms. The zero-order valence-corrected chi connectivity index (χ0v) is 11.5. The van der Waals surface area contributed by atoms with Gasteiger partial charge in [0.15, 0.2) is 0 Å². The quantitative estimate of drug-likeness (QED) is 0.905. The molecule has 2 rings (SSSR count). The van der Waals surface area contributed by atoms with Crippen LogP contribution in [0.4, 0.5) is 8.78 Å². The van der Waals surface area contributed by atoms with Crippen molar-refractivity contribution >= 4 is 28.8 Å². The molecule has 2 aromatic rings. The molecule has 0 radical (unpaired) electrons. The van der Waals surface area contributed by atoms with E-state index in [1.807, 2.05) is 0 Å². The molecule has 0 spiro atoms. The molecular weight excluding hydrogens is 292 g/mol. The summed E-state index contributed by atoms with van der Waals surface area (Å²) < 4.78 is 27.0. The van der Waals surface area contributed by atoms with Gasteiger partial charge in [0.05, 0.1) is 15.9 Å². The molecule has 1 aromatic heterocycles. The van der Waals surface area contributed by atoms with Gasteiger partial charge in [-0.25, -0.2) is 8.78 Å². The third kappa shape index (κ3) is 3.30. The highest BCUT2D eigenvalue weighted by molar-refractivity contribution is 7.16. The Kier molecular flexibility index (Phi) is 4.17. The molecular formula is C13H10ClF2NOS. The van der Waals surface area contributed by atoms with E-state index in [1.54, 1.807) is 19.1 Å². The van der Waals surface area contributed by atoms with Gasteiger partial charge in [-0.3, -0.25) is 4.79 Å². The summed E-state index contributed by atoms with van der Waals surface area (Å²) in [5.41, 5.74) is -0.311. The zero-order valence-electron chi connectivity index (χ0n) is 9.91. The minimum Gasteiger partial charge on any atom is -0.345 e. The second kappa shape index (κ2) is 5.67. The average Bonchev–Trinajstić information content (AvgIpc) is 2.79. The summed E-state index contributed by atoms with van der Waals surface area (Å²) in [5.74, 6) is -2.07. The monoisotopic (exact) mass is 301 g/mol. The molecule has 0 saturated carbocycles. The number of rotatable bonds is 3. The minimum atomic E-state index is -0.754. The SMILES string of the molecule is CC(NC(=O)c1cc(F)ccc1F)c1ccc(Cl)s1. The van der Waals surface area contributed by atoms with Gasteiger partial charge in [0.25, 0.3) is 5.91 Å². The molecule has 0 saturated heterocycles. The first kappa shape index (κ1) is 14.0. The van der Waals surface area contributed by atoms with E-state index in [2.05, 4.69) is 5.32 Å². The fraction of sp³-hybridized carbons (Fsp3) is 0.154. The maximum Gasteiger partial charge on any atom is 0.254 e. The lowest BCUT2D eigenvalue weighted by Crippen LogP contribution is -2.27. The largest absolute Gasteiger partial charge is 0.345 e. The molecule has 0 aliphatic carbocycles. The van der Waals surface area contributed by atoms with E-state index in [0.29, 0.717) is 4.34 Å². The van der Waals surface area contributed by atoms with Gasteiger partial charge in [0, 0.05) is 4.88 Å². The van der Waals surface area contributed by atoms with Crippen molar-refractivity contribution in [3.05, 3.63) is 56.7 Å². The Labute approximate surface area is 118 Å². The minimum absolute atomic E-state index is 0.311. The Morgan fingerprint density at radius 1 is 1.32 bits per heavy atom. The van der Waals surface area contributed by atoms with Gasteiger partial charge in [0.1, 0.15) is 11.6 Å². The lowest BCUT2D eigenvalue weighted by atomic mass is 10.1. The van der Waals surface area contributed by atoms with Crippen LogP contribution < -0.4 is 5.32 Å². The van der Waals surface area contributed by atoms with Crippen molar-refractivity contribution in [3.63, 3.8) is 0 Å². The van der Waals surface area contributed by atoms with Crippen LogP contribution in [0.3, 0.4) is 0 Å². The van der Waals surface area contributed by atoms with Crippen LogP contribution in [0.5, 0.6) is 0 Å². The van der Waals surface area contributed by atoms with E-state index < -0.39 is 17.5 Å². The fourth-order valence-corrected chi connectivity index (χ4v) is 2.64. The van der Waals surface area contributed by atoms with E-state index in [1.165, 1.54) is 11.3 Å². The second-order valence-electron chi connectivity index (χ2n) is 3.96. The number of nitrogens with one attached hydrogen (secondary N) is 1. The lowest BCUT2D eigenvalue weighted by molar-refractivity contribution is 0.0936. The molecule has 0 aliphatic rings. The number of hydrogen-bond acceptors (Lipinski definition) is 2. The molecule has 0 aliphatic heterocycles. The van der Waals surface area contributed by atoms with E-state index in [4.69, 9.17) is 11.6 Å². The van der Waals surface area contributed by atoms with Gasteiger partial charge in [0.2, 0.25) is 0 Å². The molecule has 1 N–H and O–H groups in total. The van der Waals surface area contributed by atoms with Crippen molar-refractivity contribution in [3.8, 4) is 0 Å². The van der Waals surface area contributed by atoms with E-state index in [0.717, 1.165) is 23.1 Å². The third-order valence-electron chi connectivity index (χ3n) is 2.54. The van der Waals surface area contributed by atoms with Crippen molar-refractivity contribution in [2.24, 2.45) is 0 Å². The van der Waals surface area contributed by atoms with Crippen molar-refractivity contribution in [2.45, 2.75) is 13.0 Å². The number of amides is 1. The summed E-state index contributed by atoms with van der Waals surface area (Å²) in [6, 6.07) is 5.93. The van der Waals surface area contributed by atoms with Crippen LogP contribution in [0.2, 0.25) is 4.34 Å². The molecule has 19 heavy (non-hydrogen) atoms. The molecule has 1 atom stereocenters. The standard InChI is InChI=1S/C13H10ClF2NOS/c1-7(11-4-5-12(14)19-11)17-13(18)9-6-8(15)2-3-10(9)16/h2-7H,1H3,(H,17,18). The van der Waals surface area contributed by atoms with Gasteiger partial charge >= 0.3 is 0 Å². The first-order valence-electron chi connectivity index (χ1n) is 5.48. The Morgan fingerprint density at radius 3 is 2.68 bits per heavy atom. The molecule has 1 amide bonds. The number of carbonyl (C=O) groups excluding carboxylic acids is 1. The topological polar surface area (TPSA) is 29.1 Å². The summed E-state index contributed by atoms with van der Waals surface area (Å²) in [6.45, 7) is 1.75. The average molecular weight is 302 g/mol. The molecule has 100 valence electrons. The van der Waals surface area contributed by atoms with Crippen molar-refractivity contribution in [1.29, 1.82) is 0 Å². The number of halogens is 3. The molecule has 0 bridgehead atoms. The molecule has 2 nitrogen and oxygen atoms in total. The lowest BCUT2D eigenvalue weighted by Gasteiger charge is -2.12. The van der Waals surface area contributed by atoms with E-state index >= 15 is 0 Å². The highest BCUT2D eigenvalue weighted by Crippen LogP contribution is 2.26. The fourth-order valence-electron chi connectivity index (χ4n) is 1.58. The third-order valence-corrected chi connectivity index (χ3v) is 3.96. The summed E-state index contributed by atoms with van der Waals surface area (Å²) in [4.78, 5) is 12.7. The summed E-state index contributed by atoms with van der Waals surface area (Å²) in [5, 5.41) is 2.60. The van der Waals surface area contributed by atoms with Crippen molar-refractivity contribution in [2.75, 3.05) is 0 Å². The zero-order chi connectivity index (χ0) is 14.0. The van der Waals surface area contributed by atoms with Gasteiger partial charge in [-0.05, 0) is 37.3 Å². The summed E-state index contributed by atoms with van der Waals surface area (Å²) in [7, 11) is 0. The highest BCUT2D eigenvalue weighted by atomic mass is 35.5. The Hall–Kier alpha value is -1.46. The normalized spacial score (nSPS) is 12.2. The Balaban J connectivity index is 2.15. The van der Waals surface area contributed by atoms with E-state index in [9.17, 15) is 13.6 Å². The van der Waals surface area contributed by atoms with Crippen LogP contribution in [0, 0.1) is 11.6 Å². The van der Waals surface area contributed by atoms with Gasteiger partial charge in [-0.15, -0.1) is 11.3 Å². The first-order valence-corrected chi connectivity index (χ1v) is 6.68. The second-order valence-corrected chi connectivity index (χ2v) is 5.71. The van der Waals surface area contributed by atoms with E-state index in [-0.39, 0.29) is 11.6 Å². The van der Waals surface area contributed by atoms with Crippen LogP contribution in [0.15, 0.2) is 30.3 Å². The van der Waals surface area contributed by atoms with Crippen LogP contribution in [0.25, 0.3) is 0 Å². The number of hydrogen-bond donors (Lipinski definition) is 1. The van der Waals surface area contributed by atoms with Gasteiger partial charge in [-0.2, -0.15) is 0 Å². The number of carbonyl (C=O) groups is 1. The van der Waals surface area contributed by atoms with Crippen LogP contribution >= 0.6 is 22.9 Å². The predicted octanol–water partition coefficient (Wildman–Crippen LogP) is 4.17. The first-order chi connectivity index (χ1) is 8.97. The smallest absolute Gasteiger partial charge is 0.254 e. The molecule has 0 fully saturated rings. The van der Waals surface area contributed by atoms with Gasteiger partial charge < -0.3 is 5.32 Å². The molecule has 1 unspecified atom stereocenters. The van der Waals surface area contributed by atoms with Crippen molar-refractivity contribution in [1.82, 2.24) is 5.32 Å². The number of thiophene rings is 1. The maximum atomic E-state index is 13.4. The Bertz CT molecular complexity index is 614. The van der Waals surface area contributed by atoms with Crippen LogP contribution in [-0.4, -0.2) is 5.91 Å². The van der Waals surface area contributed by atoms with Crippen LogP contribution in [0.1, 0.15) is 28.2 Å². The Morgan fingerprint density at radius 2 is 2.05 bits per heavy atom. The molecule has 1 heterocycles. The van der Waals surface area contributed by atoms with Crippen molar-refractivity contribution < 1.29 is 13.6 Å². The molecule has 1 aromatic carbocycles. The summed E-state index contributed by atoms with van der Waals surface area (Å²) >= 11 is 7.12. The number of benzene rings is 1. The van der Waals surface area contributed by atoms with Crippen LogP contribution in [-0.2, 0) is 0 Å². The summed E-state index contributed by atoms with van der Waals surface area (Å²) in [6.07, 6.45) is 0. The maximum absolute atomic E-state index is 13.4. The predicted molar refractivity (Wildman–Crippen MR) is 71.6 cm³/mol. The van der Waals surface area contributed by atoms with Gasteiger partial charge in [-0.1, -0.05) is 11.6 Å².